The van der Waals surface area contributed by atoms with Crippen LogP contribution in [0, 0.1) is 0 Å². The minimum atomic E-state index is -3.67. The van der Waals surface area contributed by atoms with Crippen molar-refractivity contribution in [1.82, 2.24) is 0 Å². The van der Waals surface area contributed by atoms with E-state index in [1.165, 1.54) is 0 Å². The van der Waals surface area contributed by atoms with Crippen molar-refractivity contribution in [3.63, 3.8) is 0 Å². The number of fused-ring (bicyclic) bond motifs is 1. The Labute approximate surface area is 129 Å². The average molecular weight is 317 g/mol. The van der Waals surface area contributed by atoms with Gasteiger partial charge in [0, 0.05) is 5.69 Å². The van der Waals surface area contributed by atoms with Crippen molar-refractivity contribution >= 4 is 21.7 Å². The highest BCUT2D eigenvalue weighted by molar-refractivity contribution is 7.87. The lowest BCUT2D eigenvalue weighted by Gasteiger charge is -2.09. The van der Waals surface area contributed by atoms with E-state index in [1.807, 2.05) is 18.2 Å². The third-order valence-corrected chi connectivity index (χ3v) is 4.62. The van der Waals surface area contributed by atoms with Crippen LogP contribution in [0.15, 0.2) is 48.5 Å². The van der Waals surface area contributed by atoms with Gasteiger partial charge in [-0.1, -0.05) is 30.3 Å². The van der Waals surface area contributed by atoms with Gasteiger partial charge in [0.1, 0.15) is 5.75 Å². The van der Waals surface area contributed by atoms with Crippen LogP contribution in [0.3, 0.4) is 0 Å². The molecule has 2 aromatic rings. The fourth-order valence-electron chi connectivity index (χ4n) is 2.45. The molecule has 1 aliphatic heterocycles. The molecule has 3 rings (SSSR count). The number of carbonyl (C=O) groups is 1. The summed E-state index contributed by atoms with van der Waals surface area (Å²) in [4.78, 5) is 11.4. The third-order valence-electron chi connectivity index (χ3n) is 3.47. The molecule has 0 bridgehead atoms. The van der Waals surface area contributed by atoms with Crippen LogP contribution in [-0.4, -0.2) is 20.1 Å². The molecule has 1 aliphatic rings. The molecular weight excluding hydrogens is 302 g/mol. The lowest BCUT2D eigenvalue weighted by Crippen LogP contribution is -2.16. The van der Waals surface area contributed by atoms with Crippen LogP contribution in [0.25, 0.3) is 0 Å². The van der Waals surface area contributed by atoms with Crippen molar-refractivity contribution in [1.29, 1.82) is 0 Å². The molecule has 114 valence electrons. The number of rotatable bonds is 5. The number of anilines is 1. The molecule has 0 atom stereocenters. The van der Waals surface area contributed by atoms with Crippen molar-refractivity contribution in [3.05, 3.63) is 59.7 Å². The number of hydrogen-bond acceptors (Lipinski definition) is 4. The number of aryl methyl sites for hydroxylation is 1. The van der Waals surface area contributed by atoms with Crippen LogP contribution in [0.5, 0.6) is 5.75 Å². The molecule has 6 heteroatoms. The molecular formula is C16H15NO4S. The first-order chi connectivity index (χ1) is 10.5. The van der Waals surface area contributed by atoms with E-state index in [-0.39, 0.29) is 11.7 Å². The lowest BCUT2D eigenvalue weighted by molar-refractivity contribution is -0.115. The maximum Gasteiger partial charge on any atom is 0.309 e. The molecule has 2 aromatic carbocycles. The van der Waals surface area contributed by atoms with E-state index in [0.29, 0.717) is 18.6 Å². The Balaban J connectivity index is 1.71. The number of nitrogens with one attached hydrogen (secondary N) is 1. The van der Waals surface area contributed by atoms with Gasteiger partial charge in [0.25, 0.3) is 0 Å². The molecule has 22 heavy (non-hydrogen) atoms. The average Bonchev–Trinajstić information content (AvgIpc) is 2.86. The van der Waals surface area contributed by atoms with Gasteiger partial charge < -0.3 is 9.50 Å². The van der Waals surface area contributed by atoms with E-state index >= 15 is 0 Å². The summed E-state index contributed by atoms with van der Waals surface area (Å²) in [6.45, 7) is 0. The Hall–Kier alpha value is -2.34. The molecule has 0 spiro atoms. The Morgan fingerprint density at radius 1 is 1.05 bits per heavy atom. The zero-order valence-corrected chi connectivity index (χ0v) is 12.6. The van der Waals surface area contributed by atoms with Gasteiger partial charge in [0.15, 0.2) is 0 Å². The molecule has 0 unspecified atom stereocenters. The van der Waals surface area contributed by atoms with Gasteiger partial charge >= 0.3 is 10.1 Å². The fraction of sp³-hybridized carbons (Fsp3) is 0.188. The van der Waals surface area contributed by atoms with Crippen LogP contribution in [0.2, 0.25) is 0 Å². The lowest BCUT2D eigenvalue weighted by atomic mass is 10.0. The molecule has 0 radical (unpaired) electrons. The number of amides is 1. The first kappa shape index (κ1) is 14.6. The summed E-state index contributed by atoms with van der Waals surface area (Å²) in [5.74, 6) is 0.107. The van der Waals surface area contributed by atoms with Crippen molar-refractivity contribution < 1.29 is 17.4 Å². The summed E-state index contributed by atoms with van der Waals surface area (Å²) in [6, 6.07) is 13.9. The van der Waals surface area contributed by atoms with E-state index in [2.05, 4.69) is 5.32 Å². The predicted octanol–water partition coefficient (Wildman–Crippen LogP) is 2.13. The Morgan fingerprint density at radius 3 is 2.59 bits per heavy atom. The van der Waals surface area contributed by atoms with E-state index in [1.54, 1.807) is 30.3 Å². The fourth-order valence-corrected chi connectivity index (χ4v) is 3.41. The molecule has 0 saturated carbocycles. The maximum absolute atomic E-state index is 12.0. The highest BCUT2D eigenvalue weighted by atomic mass is 32.2. The number of carbonyl (C=O) groups excluding carboxylic acids is 1. The van der Waals surface area contributed by atoms with Gasteiger partial charge in [-0.25, -0.2) is 0 Å². The van der Waals surface area contributed by atoms with Crippen molar-refractivity contribution in [2.45, 2.75) is 12.8 Å². The first-order valence-corrected chi connectivity index (χ1v) is 8.49. The summed E-state index contributed by atoms with van der Waals surface area (Å²) < 4.78 is 29.1. The van der Waals surface area contributed by atoms with Crippen molar-refractivity contribution in [3.8, 4) is 5.75 Å². The molecule has 1 heterocycles. The molecule has 0 saturated heterocycles. The monoisotopic (exact) mass is 317 g/mol. The van der Waals surface area contributed by atoms with Gasteiger partial charge in [0.2, 0.25) is 5.91 Å². The van der Waals surface area contributed by atoms with E-state index in [9.17, 15) is 13.2 Å². The van der Waals surface area contributed by atoms with Crippen LogP contribution >= 0.6 is 0 Å². The van der Waals surface area contributed by atoms with Crippen LogP contribution in [0.1, 0.15) is 11.1 Å². The van der Waals surface area contributed by atoms with Gasteiger partial charge in [-0.3, -0.25) is 4.79 Å². The Morgan fingerprint density at radius 2 is 1.82 bits per heavy atom. The molecule has 0 aromatic heterocycles. The molecule has 5 nitrogen and oxygen atoms in total. The summed E-state index contributed by atoms with van der Waals surface area (Å²) in [6.07, 6.45) is 0.610. The Kier molecular flexibility index (Phi) is 3.85. The highest BCUT2D eigenvalue weighted by Gasteiger charge is 2.21. The number of hydrogen-bond donors (Lipinski definition) is 1. The second kappa shape index (κ2) is 5.81. The van der Waals surface area contributed by atoms with Crippen LogP contribution in [0.4, 0.5) is 5.69 Å². The quantitative estimate of drug-likeness (QED) is 0.858. The first-order valence-electron chi connectivity index (χ1n) is 6.91. The van der Waals surface area contributed by atoms with Crippen molar-refractivity contribution in [2.24, 2.45) is 0 Å². The van der Waals surface area contributed by atoms with Crippen molar-refractivity contribution in [2.75, 3.05) is 11.1 Å². The molecule has 0 fully saturated rings. The molecule has 1 N–H and O–H groups in total. The largest absolute Gasteiger partial charge is 0.382 e. The topological polar surface area (TPSA) is 72.5 Å². The van der Waals surface area contributed by atoms with Gasteiger partial charge in [0.05, 0.1) is 12.2 Å². The predicted molar refractivity (Wildman–Crippen MR) is 83.3 cm³/mol. The third kappa shape index (κ3) is 3.28. The summed E-state index contributed by atoms with van der Waals surface area (Å²) in [7, 11) is -3.67. The highest BCUT2D eigenvalue weighted by Crippen LogP contribution is 2.26. The summed E-state index contributed by atoms with van der Waals surface area (Å²) in [5, 5.41) is 2.76. The number of para-hydroxylation sites is 1. The second-order valence-corrected chi connectivity index (χ2v) is 6.77. The molecule has 0 aliphatic carbocycles. The zero-order chi connectivity index (χ0) is 15.6. The minimum absolute atomic E-state index is 0.0640. The molecule has 1 amide bonds. The smallest absolute Gasteiger partial charge is 0.309 e. The SMILES string of the molecule is O=C1Cc2c(CCS(=O)(=O)Oc3ccccc3)cccc2N1. The Bertz CT molecular complexity index is 800. The summed E-state index contributed by atoms with van der Waals surface area (Å²) in [5.41, 5.74) is 2.50. The zero-order valence-electron chi connectivity index (χ0n) is 11.8. The van der Waals surface area contributed by atoms with Crippen LogP contribution < -0.4 is 9.50 Å². The van der Waals surface area contributed by atoms with Crippen LogP contribution in [-0.2, 0) is 27.8 Å². The van der Waals surface area contributed by atoms with E-state index in [0.717, 1.165) is 16.8 Å². The minimum Gasteiger partial charge on any atom is -0.382 e. The normalized spacial score (nSPS) is 13.5. The van der Waals surface area contributed by atoms with E-state index in [4.69, 9.17) is 4.18 Å². The van der Waals surface area contributed by atoms with Gasteiger partial charge in [-0.2, -0.15) is 8.42 Å². The second-order valence-electron chi connectivity index (χ2n) is 5.08. The standard InChI is InChI=1S/C16H15NO4S/c18-16-11-14-12(5-4-8-15(14)17-16)9-10-22(19,20)21-13-6-2-1-3-7-13/h1-8H,9-11H2,(H,17,18). The summed E-state index contributed by atoms with van der Waals surface area (Å²) >= 11 is 0. The maximum atomic E-state index is 12.0. The van der Waals surface area contributed by atoms with Gasteiger partial charge in [-0.05, 0) is 35.7 Å². The van der Waals surface area contributed by atoms with Gasteiger partial charge in [-0.15, -0.1) is 0 Å². The van der Waals surface area contributed by atoms with E-state index < -0.39 is 10.1 Å². The number of benzene rings is 2.